The summed E-state index contributed by atoms with van der Waals surface area (Å²) in [6.07, 6.45) is -3.43. The molecule has 3 aromatic rings. The monoisotopic (exact) mass is 353 g/mol. The second-order valence-corrected chi connectivity index (χ2v) is 5.77. The molecule has 2 aromatic carbocycles. The molecule has 1 heterocycles. The lowest BCUT2D eigenvalue weighted by atomic mass is 10.0. The van der Waals surface area contributed by atoms with Crippen molar-refractivity contribution in [3.8, 4) is 11.1 Å². The molecular formula is C17H11ClF3NO2. The fraction of sp³-hybridized carbons (Fsp3) is 0.118. The van der Waals surface area contributed by atoms with Gasteiger partial charge in [-0.15, -0.1) is 0 Å². The topological polar surface area (TPSA) is 42.2 Å². The molecule has 0 bridgehead atoms. The van der Waals surface area contributed by atoms with Gasteiger partial charge in [-0.3, -0.25) is 0 Å². The summed E-state index contributed by atoms with van der Waals surface area (Å²) in [7, 11) is 0. The zero-order valence-electron chi connectivity index (χ0n) is 12.1. The predicted molar refractivity (Wildman–Crippen MR) is 85.4 cm³/mol. The minimum absolute atomic E-state index is 0.156. The van der Waals surface area contributed by atoms with Gasteiger partial charge < -0.3 is 9.67 Å². The van der Waals surface area contributed by atoms with Gasteiger partial charge in [0.1, 0.15) is 6.54 Å². The minimum Gasteiger partial charge on any atom is -0.478 e. The van der Waals surface area contributed by atoms with Gasteiger partial charge in [0, 0.05) is 22.1 Å². The number of carboxylic acids is 1. The summed E-state index contributed by atoms with van der Waals surface area (Å²) in [5, 5.41) is 10.0. The van der Waals surface area contributed by atoms with Gasteiger partial charge in [-0.05, 0) is 29.3 Å². The first-order valence-electron chi connectivity index (χ1n) is 6.93. The Morgan fingerprint density at radius 2 is 1.71 bits per heavy atom. The molecule has 0 aliphatic rings. The van der Waals surface area contributed by atoms with Crippen LogP contribution in [-0.4, -0.2) is 21.8 Å². The van der Waals surface area contributed by atoms with Crippen LogP contribution in [0.4, 0.5) is 13.2 Å². The molecule has 0 aliphatic heterocycles. The second-order valence-electron chi connectivity index (χ2n) is 5.33. The average molecular weight is 354 g/mol. The summed E-state index contributed by atoms with van der Waals surface area (Å²) in [6.45, 7) is -1.25. The molecule has 0 spiro atoms. The third-order valence-electron chi connectivity index (χ3n) is 3.64. The first kappa shape index (κ1) is 16.4. The standard InChI is InChI=1S/C17H11ClF3NO2/c18-12-4-1-10(2-5-12)11-3-6-13-14(16(23)24)8-22(15(13)7-11)9-17(19,20)21/h1-8H,9H2,(H,23,24). The Kier molecular flexibility index (Phi) is 4.01. The van der Waals surface area contributed by atoms with E-state index >= 15 is 0 Å². The van der Waals surface area contributed by atoms with Gasteiger partial charge in [-0.25, -0.2) is 4.79 Å². The zero-order valence-corrected chi connectivity index (χ0v) is 12.9. The Labute approximate surface area is 139 Å². The number of hydrogen-bond donors (Lipinski definition) is 1. The number of halogens is 4. The number of hydrogen-bond acceptors (Lipinski definition) is 1. The third kappa shape index (κ3) is 3.23. The van der Waals surface area contributed by atoms with Crippen LogP contribution in [0.15, 0.2) is 48.7 Å². The molecule has 0 aliphatic carbocycles. The van der Waals surface area contributed by atoms with Crippen molar-refractivity contribution in [3.05, 3.63) is 59.2 Å². The number of nitrogens with zero attached hydrogens (tertiary/aromatic N) is 1. The Balaban J connectivity index is 2.17. The highest BCUT2D eigenvalue weighted by atomic mass is 35.5. The third-order valence-corrected chi connectivity index (χ3v) is 3.89. The van der Waals surface area contributed by atoms with Crippen LogP contribution >= 0.6 is 11.6 Å². The highest BCUT2D eigenvalue weighted by Crippen LogP contribution is 2.30. The molecule has 3 rings (SSSR count). The van der Waals surface area contributed by atoms with Crippen LogP contribution in [0.2, 0.25) is 5.02 Å². The van der Waals surface area contributed by atoms with Crippen LogP contribution < -0.4 is 0 Å². The molecule has 0 unspecified atom stereocenters. The molecular weight excluding hydrogens is 343 g/mol. The summed E-state index contributed by atoms with van der Waals surface area (Å²) in [4.78, 5) is 11.3. The molecule has 124 valence electrons. The fourth-order valence-electron chi connectivity index (χ4n) is 2.61. The van der Waals surface area contributed by atoms with Crippen LogP contribution in [-0.2, 0) is 6.54 Å². The van der Waals surface area contributed by atoms with Crippen molar-refractivity contribution in [2.45, 2.75) is 12.7 Å². The molecule has 1 N–H and O–H groups in total. The van der Waals surface area contributed by atoms with Gasteiger partial charge in [0.15, 0.2) is 0 Å². The quantitative estimate of drug-likeness (QED) is 0.701. The van der Waals surface area contributed by atoms with Crippen LogP contribution in [0.3, 0.4) is 0 Å². The zero-order chi connectivity index (χ0) is 17.5. The molecule has 3 nitrogen and oxygen atoms in total. The lowest BCUT2D eigenvalue weighted by Gasteiger charge is -2.10. The van der Waals surface area contributed by atoms with E-state index in [0.717, 1.165) is 16.3 Å². The second kappa shape index (κ2) is 5.87. The summed E-state index contributed by atoms with van der Waals surface area (Å²) < 4.78 is 39.2. The molecule has 0 fully saturated rings. The number of alkyl halides is 3. The van der Waals surface area contributed by atoms with E-state index in [1.807, 2.05) is 0 Å². The van der Waals surface area contributed by atoms with E-state index in [9.17, 15) is 23.1 Å². The number of rotatable bonds is 3. The summed E-state index contributed by atoms with van der Waals surface area (Å²) >= 11 is 5.84. The molecule has 7 heteroatoms. The maximum atomic E-state index is 12.8. The average Bonchev–Trinajstić information content (AvgIpc) is 2.84. The van der Waals surface area contributed by atoms with Crippen molar-refractivity contribution in [2.75, 3.05) is 0 Å². The Bertz CT molecular complexity index is 914. The van der Waals surface area contributed by atoms with Crippen molar-refractivity contribution in [1.29, 1.82) is 0 Å². The van der Waals surface area contributed by atoms with E-state index in [-0.39, 0.29) is 16.5 Å². The number of fused-ring (bicyclic) bond motifs is 1. The first-order chi connectivity index (χ1) is 11.2. The molecule has 0 saturated carbocycles. The van der Waals surface area contributed by atoms with Gasteiger partial charge >= 0.3 is 12.1 Å². The lowest BCUT2D eigenvalue weighted by molar-refractivity contribution is -0.139. The van der Waals surface area contributed by atoms with E-state index in [1.165, 1.54) is 6.07 Å². The van der Waals surface area contributed by atoms with E-state index in [1.54, 1.807) is 36.4 Å². The highest BCUT2D eigenvalue weighted by molar-refractivity contribution is 6.30. The largest absolute Gasteiger partial charge is 0.478 e. The maximum Gasteiger partial charge on any atom is 0.406 e. The predicted octanol–water partition coefficient (Wildman–Crippen LogP) is 5.22. The maximum absolute atomic E-state index is 12.8. The van der Waals surface area contributed by atoms with E-state index < -0.39 is 18.7 Å². The summed E-state index contributed by atoms with van der Waals surface area (Å²) in [5.41, 5.74) is 1.52. The van der Waals surface area contributed by atoms with Gasteiger partial charge in [-0.2, -0.15) is 13.2 Å². The van der Waals surface area contributed by atoms with Gasteiger partial charge in [-0.1, -0.05) is 35.9 Å². The molecule has 1 aromatic heterocycles. The number of benzene rings is 2. The Morgan fingerprint density at radius 3 is 2.29 bits per heavy atom. The number of aromatic carboxylic acids is 1. The van der Waals surface area contributed by atoms with Crippen LogP contribution in [0.5, 0.6) is 0 Å². The smallest absolute Gasteiger partial charge is 0.406 e. The van der Waals surface area contributed by atoms with Crippen molar-refractivity contribution in [3.63, 3.8) is 0 Å². The Hall–Kier alpha value is -2.47. The van der Waals surface area contributed by atoms with Crippen LogP contribution in [0, 0.1) is 0 Å². The van der Waals surface area contributed by atoms with Crippen molar-refractivity contribution >= 4 is 28.5 Å². The number of aromatic nitrogens is 1. The Morgan fingerprint density at radius 1 is 1.08 bits per heavy atom. The van der Waals surface area contributed by atoms with Crippen molar-refractivity contribution < 1.29 is 23.1 Å². The lowest BCUT2D eigenvalue weighted by Crippen LogP contribution is -2.16. The highest BCUT2D eigenvalue weighted by Gasteiger charge is 2.29. The molecule has 24 heavy (non-hydrogen) atoms. The van der Waals surface area contributed by atoms with Crippen molar-refractivity contribution in [2.24, 2.45) is 0 Å². The summed E-state index contributed by atoms with van der Waals surface area (Å²) in [5.74, 6) is -1.26. The first-order valence-corrected chi connectivity index (χ1v) is 7.31. The molecule has 0 amide bonds. The van der Waals surface area contributed by atoms with Crippen molar-refractivity contribution in [1.82, 2.24) is 4.57 Å². The summed E-state index contributed by atoms with van der Waals surface area (Å²) in [6, 6.07) is 11.6. The number of carboxylic acid groups (broad SMARTS) is 1. The number of carbonyl (C=O) groups is 1. The molecule has 0 radical (unpaired) electrons. The van der Waals surface area contributed by atoms with Gasteiger partial charge in [0.25, 0.3) is 0 Å². The fourth-order valence-corrected chi connectivity index (χ4v) is 2.73. The SMILES string of the molecule is O=C(O)c1cn(CC(F)(F)F)c2cc(-c3ccc(Cl)cc3)ccc12. The van der Waals surface area contributed by atoms with E-state index in [0.29, 0.717) is 10.6 Å². The van der Waals surface area contributed by atoms with Crippen LogP contribution in [0.25, 0.3) is 22.0 Å². The molecule has 0 saturated heterocycles. The van der Waals surface area contributed by atoms with E-state index in [4.69, 9.17) is 11.6 Å². The van der Waals surface area contributed by atoms with Gasteiger partial charge in [0.2, 0.25) is 0 Å². The van der Waals surface area contributed by atoms with Crippen LogP contribution in [0.1, 0.15) is 10.4 Å². The normalized spacial score (nSPS) is 11.8. The minimum atomic E-state index is -4.45. The van der Waals surface area contributed by atoms with Gasteiger partial charge in [0.05, 0.1) is 5.56 Å². The molecule has 0 atom stereocenters. The van der Waals surface area contributed by atoms with E-state index in [2.05, 4.69) is 0 Å².